The lowest BCUT2D eigenvalue weighted by atomic mass is 9.72. The van der Waals surface area contributed by atoms with Gasteiger partial charge in [0.2, 0.25) is 0 Å². The van der Waals surface area contributed by atoms with Crippen LogP contribution < -0.4 is 0 Å². The molecule has 0 saturated heterocycles. The summed E-state index contributed by atoms with van der Waals surface area (Å²) in [6.07, 6.45) is 2.02. The standard InChI is InChI=1S/C6H11O/c1-5-3-4-6(5,2)7/h5H,3-4H2,1-2H3. The molecule has 0 spiro atoms. The number of hydrogen-bond acceptors (Lipinski definition) is 0. The van der Waals surface area contributed by atoms with Gasteiger partial charge in [0.25, 0.3) is 0 Å². The van der Waals surface area contributed by atoms with Crippen molar-refractivity contribution in [1.82, 2.24) is 0 Å². The minimum absolute atomic E-state index is 0.424. The van der Waals surface area contributed by atoms with E-state index in [-0.39, 0.29) is 0 Å². The first-order valence-corrected chi connectivity index (χ1v) is 2.83. The van der Waals surface area contributed by atoms with Gasteiger partial charge in [-0.25, -0.2) is 5.11 Å². The molecule has 2 atom stereocenters. The Morgan fingerprint density at radius 2 is 2.14 bits per heavy atom. The molecule has 7 heavy (non-hydrogen) atoms. The summed E-state index contributed by atoms with van der Waals surface area (Å²) < 4.78 is 0. The highest BCUT2D eigenvalue weighted by Crippen LogP contribution is 2.37. The van der Waals surface area contributed by atoms with Crippen molar-refractivity contribution >= 4 is 0 Å². The van der Waals surface area contributed by atoms with Crippen LogP contribution >= 0.6 is 0 Å². The van der Waals surface area contributed by atoms with Crippen molar-refractivity contribution in [3.63, 3.8) is 0 Å². The summed E-state index contributed by atoms with van der Waals surface area (Å²) in [7, 11) is 0. The molecule has 1 saturated carbocycles. The van der Waals surface area contributed by atoms with Crippen molar-refractivity contribution in [2.75, 3.05) is 0 Å². The minimum atomic E-state index is -0.569. The van der Waals surface area contributed by atoms with Crippen molar-refractivity contribution < 1.29 is 5.11 Å². The zero-order valence-electron chi connectivity index (χ0n) is 4.90. The van der Waals surface area contributed by atoms with Gasteiger partial charge >= 0.3 is 0 Å². The summed E-state index contributed by atoms with van der Waals surface area (Å²) in [5.41, 5.74) is -0.569. The monoisotopic (exact) mass is 99.1 g/mol. The average molecular weight is 99.2 g/mol. The van der Waals surface area contributed by atoms with E-state index in [4.69, 9.17) is 0 Å². The quantitative estimate of drug-likeness (QED) is 0.439. The fourth-order valence-electron chi connectivity index (χ4n) is 0.840. The van der Waals surface area contributed by atoms with E-state index in [0.29, 0.717) is 5.92 Å². The molecule has 0 aromatic carbocycles. The molecule has 0 bridgehead atoms. The second kappa shape index (κ2) is 1.22. The van der Waals surface area contributed by atoms with Gasteiger partial charge in [-0.05, 0) is 25.7 Å². The molecule has 41 valence electrons. The van der Waals surface area contributed by atoms with Crippen molar-refractivity contribution in [3.8, 4) is 0 Å². The van der Waals surface area contributed by atoms with Gasteiger partial charge < -0.3 is 0 Å². The topological polar surface area (TPSA) is 19.9 Å². The minimum Gasteiger partial charge on any atom is -0.230 e. The fraction of sp³-hybridized carbons (Fsp3) is 1.00. The van der Waals surface area contributed by atoms with Crippen LogP contribution in [0.4, 0.5) is 0 Å². The molecule has 1 aliphatic rings. The van der Waals surface area contributed by atoms with Crippen LogP contribution in [0, 0.1) is 5.92 Å². The second-order valence-corrected chi connectivity index (χ2v) is 2.75. The van der Waals surface area contributed by atoms with Crippen LogP contribution in [0.15, 0.2) is 0 Å². The van der Waals surface area contributed by atoms with Gasteiger partial charge in [-0.1, -0.05) is 6.92 Å². The van der Waals surface area contributed by atoms with Crippen LogP contribution in [0.25, 0.3) is 0 Å². The lowest BCUT2D eigenvalue weighted by Gasteiger charge is -2.37. The summed E-state index contributed by atoms with van der Waals surface area (Å²) >= 11 is 0. The molecule has 0 aliphatic heterocycles. The maximum Gasteiger partial charge on any atom is 0.103 e. The van der Waals surface area contributed by atoms with E-state index < -0.39 is 5.60 Å². The fourth-order valence-corrected chi connectivity index (χ4v) is 0.840. The third kappa shape index (κ3) is 0.653. The van der Waals surface area contributed by atoms with Gasteiger partial charge in [0.05, 0.1) is 0 Å². The van der Waals surface area contributed by atoms with Gasteiger partial charge in [-0.2, -0.15) is 0 Å². The SMILES string of the molecule is CC1CCC1(C)[O]. The Hall–Kier alpha value is -0.0400. The Balaban J connectivity index is 2.43. The summed E-state index contributed by atoms with van der Waals surface area (Å²) in [4.78, 5) is 0. The summed E-state index contributed by atoms with van der Waals surface area (Å²) in [5, 5.41) is 10.9. The largest absolute Gasteiger partial charge is 0.230 e. The predicted octanol–water partition coefficient (Wildman–Crippen LogP) is 1.61. The summed E-state index contributed by atoms with van der Waals surface area (Å²) in [5.74, 6) is 0.424. The van der Waals surface area contributed by atoms with E-state index in [1.165, 1.54) is 0 Å². The van der Waals surface area contributed by atoms with Crippen molar-refractivity contribution in [3.05, 3.63) is 0 Å². The van der Waals surface area contributed by atoms with Gasteiger partial charge in [0, 0.05) is 0 Å². The first kappa shape index (κ1) is 5.10. The van der Waals surface area contributed by atoms with Gasteiger partial charge in [0.1, 0.15) is 5.60 Å². The highest BCUT2D eigenvalue weighted by atomic mass is 16.3. The van der Waals surface area contributed by atoms with Crippen LogP contribution in [0.3, 0.4) is 0 Å². The van der Waals surface area contributed by atoms with Crippen LogP contribution in [-0.2, 0) is 5.11 Å². The zero-order chi connectivity index (χ0) is 5.49. The zero-order valence-corrected chi connectivity index (χ0v) is 4.90. The molecule has 0 N–H and O–H groups in total. The molecule has 1 aliphatic carbocycles. The van der Waals surface area contributed by atoms with Crippen molar-refractivity contribution in [1.29, 1.82) is 0 Å². The summed E-state index contributed by atoms with van der Waals surface area (Å²) in [6.45, 7) is 3.82. The first-order chi connectivity index (χ1) is 3.13. The third-order valence-corrected chi connectivity index (χ3v) is 2.12. The van der Waals surface area contributed by atoms with Crippen LogP contribution in [0.2, 0.25) is 0 Å². The van der Waals surface area contributed by atoms with E-state index in [1.807, 2.05) is 6.92 Å². The number of rotatable bonds is 0. The average Bonchev–Trinajstić information content (AvgIpc) is 1.63. The Kier molecular flexibility index (Phi) is 0.890. The molecule has 1 fully saturated rings. The highest BCUT2D eigenvalue weighted by molar-refractivity contribution is 4.88. The van der Waals surface area contributed by atoms with E-state index in [9.17, 15) is 5.11 Å². The van der Waals surface area contributed by atoms with E-state index in [0.717, 1.165) is 12.8 Å². The molecule has 0 heterocycles. The molecule has 1 radical (unpaired) electrons. The van der Waals surface area contributed by atoms with Crippen LogP contribution in [0.5, 0.6) is 0 Å². The van der Waals surface area contributed by atoms with Gasteiger partial charge in [-0.15, -0.1) is 0 Å². The maximum atomic E-state index is 10.9. The smallest absolute Gasteiger partial charge is 0.103 e. The summed E-state index contributed by atoms with van der Waals surface area (Å²) in [6, 6.07) is 0. The normalized spacial score (nSPS) is 51.0. The van der Waals surface area contributed by atoms with Gasteiger partial charge in [-0.3, -0.25) is 0 Å². The maximum absolute atomic E-state index is 10.9. The molecule has 1 rings (SSSR count). The van der Waals surface area contributed by atoms with Crippen LogP contribution in [0.1, 0.15) is 26.7 Å². The van der Waals surface area contributed by atoms with Crippen molar-refractivity contribution in [2.45, 2.75) is 32.3 Å². The van der Waals surface area contributed by atoms with Crippen molar-refractivity contribution in [2.24, 2.45) is 5.92 Å². The van der Waals surface area contributed by atoms with E-state index >= 15 is 0 Å². The molecule has 0 amide bonds. The Morgan fingerprint density at radius 1 is 1.71 bits per heavy atom. The first-order valence-electron chi connectivity index (χ1n) is 2.83. The molecule has 1 heteroatoms. The van der Waals surface area contributed by atoms with Gasteiger partial charge in [0.15, 0.2) is 0 Å². The Bertz CT molecular complexity index is 76.2. The highest BCUT2D eigenvalue weighted by Gasteiger charge is 2.38. The lowest BCUT2D eigenvalue weighted by molar-refractivity contribution is -0.121. The van der Waals surface area contributed by atoms with Crippen LogP contribution in [-0.4, -0.2) is 5.60 Å². The second-order valence-electron chi connectivity index (χ2n) is 2.75. The Morgan fingerprint density at radius 3 is 2.14 bits per heavy atom. The number of hydrogen-bond donors (Lipinski definition) is 0. The third-order valence-electron chi connectivity index (χ3n) is 2.12. The molecular formula is C6H11O. The molecule has 0 aromatic rings. The molecule has 0 aromatic heterocycles. The van der Waals surface area contributed by atoms with E-state index in [2.05, 4.69) is 0 Å². The van der Waals surface area contributed by atoms with E-state index in [1.54, 1.807) is 6.92 Å². The Labute approximate surface area is 44.4 Å². The molecule has 1 nitrogen and oxygen atoms in total. The predicted molar refractivity (Wildman–Crippen MR) is 27.5 cm³/mol. The molecular weight excluding hydrogens is 88.1 g/mol. The molecule has 2 unspecified atom stereocenters. The lowest BCUT2D eigenvalue weighted by Crippen LogP contribution is -2.40.